The molecule has 0 fully saturated rings. The predicted octanol–water partition coefficient (Wildman–Crippen LogP) is 2.53. The first-order chi connectivity index (χ1) is 6.77. The average molecular weight is 213 g/mol. The van der Waals surface area contributed by atoms with Gasteiger partial charge >= 0.3 is 5.97 Å². The number of carbonyl (C=O) groups excluding carboxylic acids is 1. The van der Waals surface area contributed by atoms with Crippen LogP contribution in [0.4, 0.5) is 0 Å². The number of aryl methyl sites for hydroxylation is 1. The molecule has 0 aliphatic carbocycles. The van der Waals surface area contributed by atoms with Crippen LogP contribution in [0, 0.1) is 0 Å². The molecule has 0 spiro atoms. The Kier molecular flexibility index (Phi) is 4.47. The van der Waals surface area contributed by atoms with Crippen molar-refractivity contribution in [3.8, 4) is 0 Å². The number of hydrogen-bond acceptors (Lipinski definition) is 2. The fourth-order valence-electron chi connectivity index (χ4n) is 1.27. The van der Waals surface area contributed by atoms with Crippen LogP contribution in [0.1, 0.15) is 17.5 Å². The van der Waals surface area contributed by atoms with Gasteiger partial charge in [0.25, 0.3) is 0 Å². The molecule has 14 heavy (non-hydrogen) atoms. The molecule has 0 atom stereocenters. The van der Waals surface area contributed by atoms with E-state index in [2.05, 4.69) is 4.74 Å². The van der Waals surface area contributed by atoms with Crippen LogP contribution in [0.2, 0.25) is 0 Å². The minimum absolute atomic E-state index is 0.186. The fraction of sp³-hybridized carbons (Fsp3) is 0.364. The monoisotopic (exact) mass is 212 g/mol. The molecule has 0 aliphatic rings. The zero-order valence-corrected chi connectivity index (χ0v) is 8.88. The van der Waals surface area contributed by atoms with E-state index in [0.29, 0.717) is 18.7 Å². The molecule has 0 bridgehead atoms. The summed E-state index contributed by atoms with van der Waals surface area (Å²) in [6.45, 7) is 0. The van der Waals surface area contributed by atoms with Gasteiger partial charge in [0, 0.05) is 12.3 Å². The van der Waals surface area contributed by atoms with Crippen molar-refractivity contribution in [2.75, 3.05) is 7.11 Å². The smallest absolute Gasteiger partial charge is 0.305 e. The summed E-state index contributed by atoms with van der Waals surface area (Å²) < 4.78 is 4.57. The van der Waals surface area contributed by atoms with Crippen molar-refractivity contribution in [2.24, 2.45) is 0 Å². The molecule has 0 unspecified atom stereocenters. The largest absolute Gasteiger partial charge is 0.469 e. The number of esters is 1. The van der Waals surface area contributed by atoms with Gasteiger partial charge in [-0.3, -0.25) is 4.79 Å². The first-order valence-corrected chi connectivity index (χ1v) is 5.01. The summed E-state index contributed by atoms with van der Waals surface area (Å²) in [6, 6.07) is 7.85. The number of alkyl halides is 1. The van der Waals surface area contributed by atoms with Gasteiger partial charge in [-0.05, 0) is 17.5 Å². The van der Waals surface area contributed by atoms with Gasteiger partial charge < -0.3 is 4.74 Å². The maximum Gasteiger partial charge on any atom is 0.305 e. The normalized spacial score (nSPS) is 9.86. The zero-order chi connectivity index (χ0) is 10.4. The minimum Gasteiger partial charge on any atom is -0.469 e. The van der Waals surface area contributed by atoms with E-state index in [0.717, 1.165) is 11.1 Å². The van der Waals surface area contributed by atoms with Crippen molar-refractivity contribution < 1.29 is 9.53 Å². The van der Waals surface area contributed by atoms with Gasteiger partial charge in [0.15, 0.2) is 0 Å². The maximum absolute atomic E-state index is 10.9. The highest BCUT2D eigenvalue weighted by Crippen LogP contribution is 2.13. The fourth-order valence-corrected chi connectivity index (χ4v) is 1.53. The third-order valence-corrected chi connectivity index (χ3v) is 2.38. The molecule has 76 valence electrons. The maximum atomic E-state index is 10.9. The van der Waals surface area contributed by atoms with Crippen molar-refractivity contribution in [3.05, 3.63) is 35.4 Å². The first kappa shape index (κ1) is 11.1. The van der Waals surface area contributed by atoms with Crippen LogP contribution in [0.15, 0.2) is 24.3 Å². The molecular weight excluding hydrogens is 200 g/mol. The highest BCUT2D eigenvalue weighted by Gasteiger charge is 2.04. The van der Waals surface area contributed by atoms with Crippen molar-refractivity contribution in [3.63, 3.8) is 0 Å². The molecule has 0 amide bonds. The van der Waals surface area contributed by atoms with Crippen molar-refractivity contribution >= 4 is 17.6 Å². The van der Waals surface area contributed by atoms with E-state index in [-0.39, 0.29) is 5.97 Å². The summed E-state index contributed by atoms with van der Waals surface area (Å²) >= 11 is 5.77. The molecule has 0 heterocycles. The van der Waals surface area contributed by atoms with E-state index in [9.17, 15) is 4.79 Å². The van der Waals surface area contributed by atoms with Crippen LogP contribution in [-0.4, -0.2) is 13.1 Å². The Hall–Kier alpha value is -1.02. The van der Waals surface area contributed by atoms with Gasteiger partial charge in [0.05, 0.1) is 7.11 Å². The van der Waals surface area contributed by atoms with Gasteiger partial charge in [0.1, 0.15) is 0 Å². The lowest BCUT2D eigenvalue weighted by Crippen LogP contribution is -2.03. The van der Waals surface area contributed by atoms with Crippen molar-refractivity contribution in [1.82, 2.24) is 0 Å². The van der Waals surface area contributed by atoms with Crippen LogP contribution < -0.4 is 0 Å². The van der Waals surface area contributed by atoms with E-state index in [4.69, 9.17) is 11.6 Å². The third kappa shape index (κ3) is 3.04. The Bertz CT molecular complexity index is 310. The summed E-state index contributed by atoms with van der Waals surface area (Å²) in [5, 5.41) is 0. The lowest BCUT2D eigenvalue weighted by atomic mass is 10.0. The Balaban J connectivity index is 2.61. The van der Waals surface area contributed by atoms with Crippen LogP contribution in [0.25, 0.3) is 0 Å². The molecule has 2 nitrogen and oxygen atoms in total. The molecule has 0 radical (unpaired) electrons. The molecule has 1 aromatic rings. The second-order valence-electron chi connectivity index (χ2n) is 2.98. The zero-order valence-electron chi connectivity index (χ0n) is 8.13. The molecule has 0 N–H and O–H groups in total. The Morgan fingerprint density at radius 1 is 1.36 bits per heavy atom. The minimum atomic E-state index is -0.186. The number of methoxy groups -OCH3 is 1. The van der Waals surface area contributed by atoms with Crippen molar-refractivity contribution in [2.45, 2.75) is 18.7 Å². The number of ether oxygens (including phenoxy) is 1. The second kappa shape index (κ2) is 5.66. The molecule has 3 heteroatoms. The standard InChI is InChI=1S/C11H13ClO2/c1-14-11(13)7-6-9-4-2-3-5-10(9)8-12/h2-5H,6-8H2,1H3. The Morgan fingerprint density at radius 2 is 2.00 bits per heavy atom. The van der Waals surface area contributed by atoms with E-state index >= 15 is 0 Å². The number of rotatable bonds is 4. The van der Waals surface area contributed by atoms with Crippen LogP contribution >= 0.6 is 11.6 Å². The summed E-state index contributed by atoms with van der Waals surface area (Å²) in [7, 11) is 1.40. The highest BCUT2D eigenvalue weighted by atomic mass is 35.5. The second-order valence-corrected chi connectivity index (χ2v) is 3.25. The number of hydrogen-bond donors (Lipinski definition) is 0. The molecule has 1 aromatic carbocycles. The Morgan fingerprint density at radius 3 is 2.57 bits per heavy atom. The van der Waals surface area contributed by atoms with Crippen LogP contribution in [0.3, 0.4) is 0 Å². The summed E-state index contributed by atoms with van der Waals surface area (Å²) in [5.41, 5.74) is 2.20. The van der Waals surface area contributed by atoms with Gasteiger partial charge in [-0.2, -0.15) is 0 Å². The first-order valence-electron chi connectivity index (χ1n) is 4.47. The summed E-state index contributed by atoms with van der Waals surface area (Å²) in [5.74, 6) is 0.298. The number of halogens is 1. The number of carbonyl (C=O) groups is 1. The summed E-state index contributed by atoms with van der Waals surface area (Å²) in [4.78, 5) is 10.9. The molecule has 0 saturated heterocycles. The molecule has 0 saturated carbocycles. The summed E-state index contributed by atoms with van der Waals surface area (Å²) in [6.07, 6.45) is 1.10. The quantitative estimate of drug-likeness (QED) is 0.566. The third-order valence-electron chi connectivity index (χ3n) is 2.09. The molecule has 1 rings (SSSR count). The molecule has 0 aromatic heterocycles. The van der Waals surface area contributed by atoms with Crippen LogP contribution in [-0.2, 0) is 21.8 Å². The molecular formula is C11H13ClO2. The van der Waals surface area contributed by atoms with Gasteiger partial charge in [0.2, 0.25) is 0 Å². The van der Waals surface area contributed by atoms with Gasteiger partial charge in [-0.25, -0.2) is 0 Å². The van der Waals surface area contributed by atoms with E-state index in [1.807, 2.05) is 24.3 Å². The predicted molar refractivity (Wildman–Crippen MR) is 56.3 cm³/mol. The Labute approximate surface area is 88.8 Å². The highest BCUT2D eigenvalue weighted by molar-refractivity contribution is 6.17. The SMILES string of the molecule is COC(=O)CCc1ccccc1CCl. The van der Waals surface area contributed by atoms with E-state index < -0.39 is 0 Å². The van der Waals surface area contributed by atoms with E-state index in [1.54, 1.807) is 0 Å². The van der Waals surface area contributed by atoms with E-state index in [1.165, 1.54) is 7.11 Å². The lowest BCUT2D eigenvalue weighted by Gasteiger charge is -2.05. The topological polar surface area (TPSA) is 26.3 Å². The van der Waals surface area contributed by atoms with Crippen LogP contribution in [0.5, 0.6) is 0 Å². The average Bonchev–Trinajstić information content (AvgIpc) is 2.26. The number of benzene rings is 1. The molecule has 0 aliphatic heterocycles. The van der Waals surface area contributed by atoms with Gasteiger partial charge in [-0.15, -0.1) is 11.6 Å². The van der Waals surface area contributed by atoms with Crippen molar-refractivity contribution in [1.29, 1.82) is 0 Å². The lowest BCUT2D eigenvalue weighted by molar-refractivity contribution is -0.140. The van der Waals surface area contributed by atoms with Gasteiger partial charge in [-0.1, -0.05) is 24.3 Å².